The molecule has 6 nitrogen and oxygen atoms in total. The van der Waals surface area contributed by atoms with Gasteiger partial charge in [0.25, 0.3) is 5.91 Å². The monoisotopic (exact) mass is 498 g/mol. The largest absolute Gasteiger partial charge is 0.368 e. The molecule has 0 radical (unpaired) electrons. The highest BCUT2D eigenvalue weighted by Crippen LogP contribution is 2.28. The number of hydrogen-bond acceptors (Lipinski definition) is 5. The van der Waals surface area contributed by atoms with Crippen LogP contribution < -0.4 is 5.32 Å². The zero-order chi connectivity index (χ0) is 20.5. The summed E-state index contributed by atoms with van der Waals surface area (Å²) in [7, 11) is 0. The van der Waals surface area contributed by atoms with Crippen molar-refractivity contribution >= 4 is 66.0 Å². The summed E-state index contributed by atoms with van der Waals surface area (Å²) in [6, 6.07) is 8.53. The lowest BCUT2D eigenvalue weighted by molar-refractivity contribution is -0.142. The highest BCUT2D eigenvalue weighted by molar-refractivity contribution is 7.59. The van der Waals surface area contributed by atoms with Crippen LogP contribution in [0.1, 0.15) is 50.2 Å². The van der Waals surface area contributed by atoms with Crippen LogP contribution in [0, 0.1) is 5.92 Å². The number of carbonyl (C=O) groups excluding carboxylic acids is 3. The van der Waals surface area contributed by atoms with Crippen LogP contribution in [0.15, 0.2) is 30.3 Å². The van der Waals surface area contributed by atoms with Gasteiger partial charge >= 0.3 is 0 Å². The summed E-state index contributed by atoms with van der Waals surface area (Å²) in [6.07, 6.45) is 1.92. The molecule has 9 heteroatoms. The maximum atomic E-state index is 13.4. The van der Waals surface area contributed by atoms with Crippen molar-refractivity contribution in [1.82, 2.24) is 10.2 Å². The molecule has 0 saturated carbocycles. The van der Waals surface area contributed by atoms with E-state index in [-0.39, 0.29) is 70.6 Å². The van der Waals surface area contributed by atoms with E-state index in [1.165, 1.54) is 11.3 Å². The Bertz CT molecular complexity index is 913. The fourth-order valence-electron chi connectivity index (χ4n) is 4.25. The molecule has 0 spiro atoms. The first-order chi connectivity index (χ1) is 13.9. The van der Waals surface area contributed by atoms with Gasteiger partial charge in [0.1, 0.15) is 18.7 Å². The van der Waals surface area contributed by atoms with Crippen LogP contribution >= 0.6 is 38.3 Å². The first-order valence-corrected chi connectivity index (χ1v) is 11.0. The van der Waals surface area contributed by atoms with Crippen molar-refractivity contribution in [3.05, 3.63) is 35.2 Å². The van der Waals surface area contributed by atoms with Gasteiger partial charge in [-0.25, -0.2) is 0 Å². The third-order valence-corrected chi connectivity index (χ3v) is 6.70. The van der Waals surface area contributed by atoms with E-state index in [9.17, 15) is 14.4 Å². The molecule has 0 bridgehead atoms. The van der Waals surface area contributed by atoms with Crippen molar-refractivity contribution < 1.29 is 19.1 Å². The van der Waals surface area contributed by atoms with Crippen molar-refractivity contribution in [2.75, 3.05) is 13.2 Å². The van der Waals surface area contributed by atoms with E-state index >= 15 is 0 Å². The topological polar surface area (TPSA) is 75.7 Å². The van der Waals surface area contributed by atoms with Gasteiger partial charge in [-0.1, -0.05) is 39.5 Å². The molecule has 178 valence electrons. The smallest absolute Gasteiger partial charge is 0.262 e. The summed E-state index contributed by atoms with van der Waals surface area (Å²) in [5, 5.41) is 3.96. The molecule has 0 aliphatic carbocycles. The van der Waals surface area contributed by atoms with E-state index < -0.39 is 12.1 Å². The minimum atomic E-state index is -0.653. The molecule has 2 aromatic rings. The summed E-state index contributed by atoms with van der Waals surface area (Å²) in [6.45, 7) is 4.65. The van der Waals surface area contributed by atoms with E-state index in [1.807, 2.05) is 44.2 Å². The van der Waals surface area contributed by atoms with Crippen LogP contribution in [-0.4, -0.2) is 53.8 Å². The number of fused-ring (bicyclic) bond motifs is 2. The average Bonchev–Trinajstić information content (AvgIpc) is 3.30. The predicted octanol–water partition coefficient (Wildman–Crippen LogP) is 3.87. The minimum absolute atomic E-state index is 0. The Morgan fingerprint density at radius 2 is 1.97 bits per heavy atom. The third-order valence-electron chi connectivity index (χ3n) is 5.59. The van der Waals surface area contributed by atoms with Crippen LogP contribution in [0.4, 0.5) is 0 Å². The molecule has 1 aromatic carbocycles. The maximum absolute atomic E-state index is 13.4. The van der Waals surface area contributed by atoms with Crippen molar-refractivity contribution in [3.63, 3.8) is 0 Å². The number of ether oxygens (including phenoxy) is 1. The maximum Gasteiger partial charge on any atom is 0.262 e. The second-order valence-electron chi connectivity index (χ2n) is 8.24. The number of nitrogens with one attached hydrogen (secondary N) is 1. The molecule has 4 rings (SSSR count). The van der Waals surface area contributed by atoms with Gasteiger partial charge in [-0.05, 0) is 42.7 Å². The summed E-state index contributed by atoms with van der Waals surface area (Å²) in [5.41, 5.74) is 0. The lowest BCUT2D eigenvalue weighted by Crippen LogP contribution is -2.58. The summed E-state index contributed by atoms with van der Waals surface area (Å²) >= 11 is 1.42. The van der Waals surface area contributed by atoms with Crippen LogP contribution in [0.5, 0.6) is 0 Å². The van der Waals surface area contributed by atoms with Crippen LogP contribution in [-0.2, 0) is 14.3 Å². The number of amides is 2. The summed E-state index contributed by atoms with van der Waals surface area (Å²) in [5.74, 6) is -0.237. The second kappa shape index (κ2) is 12.1. The molecular formula is C23H34N2O4S3. The van der Waals surface area contributed by atoms with E-state index in [1.54, 1.807) is 4.90 Å². The fraction of sp³-hybridized carbons (Fsp3) is 0.522. The van der Waals surface area contributed by atoms with Crippen molar-refractivity contribution in [2.45, 2.75) is 58.7 Å². The van der Waals surface area contributed by atoms with Gasteiger partial charge in [-0.3, -0.25) is 14.4 Å². The lowest BCUT2D eigenvalue weighted by atomic mass is 9.95. The summed E-state index contributed by atoms with van der Waals surface area (Å²) < 4.78 is 6.60. The minimum Gasteiger partial charge on any atom is -0.368 e. The quantitative estimate of drug-likeness (QED) is 0.679. The number of piperidine rings is 1. The number of Topliss-reactive ketones (excluding diaryl/α,β-unsaturated/α-hetero) is 1. The van der Waals surface area contributed by atoms with Gasteiger partial charge < -0.3 is 15.0 Å². The number of benzene rings is 1. The molecule has 1 N–H and O–H groups in total. The first kappa shape index (κ1) is 28.5. The number of nitrogens with zero attached hydrogens (tertiary/aromatic N) is 1. The second-order valence-corrected chi connectivity index (χ2v) is 9.32. The van der Waals surface area contributed by atoms with Gasteiger partial charge in [0.2, 0.25) is 5.91 Å². The van der Waals surface area contributed by atoms with Gasteiger partial charge in [0.05, 0.1) is 11.0 Å². The normalized spacial score (nSPS) is 20.6. The zero-order valence-electron chi connectivity index (χ0n) is 17.7. The van der Waals surface area contributed by atoms with E-state index in [4.69, 9.17) is 4.74 Å². The molecule has 0 unspecified atom stereocenters. The van der Waals surface area contributed by atoms with Crippen molar-refractivity contribution in [1.29, 1.82) is 0 Å². The van der Waals surface area contributed by atoms with Crippen molar-refractivity contribution in [2.24, 2.45) is 5.92 Å². The van der Waals surface area contributed by atoms with E-state index in [2.05, 4.69) is 5.32 Å². The Morgan fingerprint density at radius 1 is 1.25 bits per heavy atom. The van der Waals surface area contributed by atoms with Crippen LogP contribution in [0.3, 0.4) is 0 Å². The number of thiophene rings is 1. The molecule has 1 aromatic heterocycles. The molecular weight excluding hydrogens is 464 g/mol. The molecule has 2 amide bonds. The standard InChI is InChI=1S/C22H26N2O4S.CH4.2H2S/c1-13(2)10-15(22(27)24-9-5-7-17-20(24)16(25)12-28-17)23-21(26)19-11-14-6-3-4-8-18(14)29-19;;;/h3-4,6,8,11,13,15,17,20H,5,7,9-10,12H2,1-2H3,(H,23,26);1H4;2*1H2/t15-,17-,20-;;;/m0.../s1. The van der Waals surface area contributed by atoms with Crippen molar-refractivity contribution in [3.8, 4) is 0 Å². The Morgan fingerprint density at radius 3 is 2.66 bits per heavy atom. The number of carbonyl (C=O) groups is 3. The highest BCUT2D eigenvalue weighted by Gasteiger charge is 2.45. The zero-order valence-corrected chi connectivity index (χ0v) is 20.5. The Labute approximate surface area is 208 Å². The molecule has 3 heterocycles. The van der Waals surface area contributed by atoms with E-state index in [0.717, 1.165) is 22.9 Å². The van der Waals surface area contributed by atoms with E-state index in [0.29, 0.717) is 17.8 Å². The molecule has 2 saturated heterocycles. The Hall–Kier alpha value is -1.55. The van der Waals surface area contributed by atoms with Gasteiger partial charge in [-0.15, -0.1) is 11.3 Å². The Kier molecular flexibility index (Phi) is 10.7. The molecule has 2 fully saturated rings. The molecule has 32 heavy (non-hydrogen) atoms. The van der Waals surface area contributed by atoms with Gasteiger partial charge in [-0.2, -0.15) is 27.0 Å². The molecule has 2 aliphatic rings. The number of hydrogen-bond donors (Lipinski definition) is 1. The third kappa shape index (κ3) is 5.87. The molecule has 2 aliphatic heterocycles. The van der Waals surface area contributed by atoms with Gasteiger partial charge in [0, 0.05) is 11.2 Å². The van der Waals surface area contributed by atoms with Gasteiger partial charge in [0.15, 0.2) is 5.78 Å². The first-order valence-electron chi connectivity index (χ1n) is 10.2. The van der Waals surface area contributed by atoms with Crippen LogP contribution in [0.2, 0.25) is 0 Å². The lowest BCUT2D eigenvalue weighted by Gasteiger charge is -2.37. The number of rotatable bonds is 5. The number of likely N-dealkylation sites (tertiary alicyclic amines) is 1. The Balaban J connectivity index is 0.00000171. The average molecular weight is 499 g/mol. The summed E-state index contributed by atoms with van der Waals surface area (Å²) in [4.78, 5) is 40.8. The highest BCUT2D eigenvalue weighted by atomic mass is 32.1. The fourth-order valence-corrected chi connectivity index (χ4v) is 5.22. The predicted molar refractivity (Wildman–Crippen MR) is 140 cm³/mol. The van der Waals surface area contributed by atoms with Crippen LogP contribution in [0.25, 0.3) is 10.1 Å². The SMILES string of the molecule is C.CC(C)C[C@H](NC(=O)c1cc2ccccc2s1)C(=O)N1CCC[C@@H]2OCC(=O)[C@@H]21.S.S. The molecule has 3 atom stereocenters. The number of ketones is 1.